The SMILES string of the molecule is CC(C)CC1COCCN1C(=O)Nc1ccc(OC(C)C)cc1. The minimum atomic E-state index is -0.0588. The zero-order valence-electron chi connectivity index (χ0n) is 14.5. The highest BCUT2D eigenvalue weighted by molar-refractivity contribution is 5.89. The number of hydrogen-bond donors (Lipinski definition) is 1. The van der Waals surface area contributed by atoms with Crippen LogP contribution in [0.15, 0.2) is 24.3 Å². The summed E-state index contributed by atoms with van der Waals surface area (Å²) in [5.74, 6) is 1.34. The Morgan fingerprint density at radius 3 is 2.61 bits per heavy atom. The van der Waals surface area contributed by atoms with E-state index in [0.717, 1.165) is 17.9 Å². The van der Waals surface area contributed by atoms with Crippen molar-refractivity contribution in [2.75, 3.05) is 25.1 Å². The summed E-state index contributed by atoms with van der Waals surface area (Å²) in [7, 11) is 0. The molecule has 1 N–H and O–H groups in total. The normalized spacial score (nSPS) is 18.3. The first kappa shape index (κ1) is 17.6. The van der Waals surface area contributed by atoms with E-state index in [-0.39, 0.29) is 18.2 Å². The summed E-state index contributed by atoms with van der Waals surface area (Å²) in [6.45, 7) is 10.2. The van der Waals surface area contributed by atoms with Gasteiger partial charge in [-0.3, -0.25) is 0 Å². The average molecular weight is 320 g/mol. The molecule has 1 aromatic carbocycles. The van der Waals surface area contributed by atoms with Gasteiger partial charge < -0.3 is 19.7 Å². The van der Waals surface area contributed by atoms with Crippen LogP contribution in [-0.4, -0.2) is 42.8 Å². The Morgan fingerprint density at radius 2 is 2.00 bits per heavy atom. The van der Waals surface area contributed by atoms with Crippen molar-refractivity contribution in [3.8, 4) is 5.75 Å². The van der Waals surface area contributed by atoms with Crippen LogP contribution in [0.2, 0.25) is 0 Å². The Hall–Kier alpha value is -1.75. The first-order chi connectivity index (χ1) is 11.0. The molecule has 0 aliphatic carbocycles. The van der Waals surface area contributed by atoms with Gasteiger partial charge in [0, 0.05) is 12.2 Å². The first-order valence-electron chi connectivity index (χ1n) is 8.37. The molecular weight excluding hydrogens is 292 g/mol. The van der Waals surface area contributed by atoms with Crippen molar-refractivity contribution in [1.82, 2.24) is 4.90 Å². The lowest BCUT2D eigenvalue weighted by Gasteiger charge is -2.36. The predicted octanol–water partition coefficient (Wildman–Crippen LogP) is 3.75. The largest absolute Gasteiger partial charge is 0.491 e. The van der Waals surface area contributed by atoms with Gasteiger partial charge in [0.2, 0.25) is 0 Å². The number of carbonyl (C=O) groups is 1. The van der Waals surface area contributed by atoms with Crippen LogP contribution < -0.4 is 10.1 Å². The molecule has 0 bridgehead atoms. The van der Waals surface area contributed by atoms with E-state index < -0.39 is 0 Å². The molecule has 1 fully saturated rings. The Balaban J connectivity index is 1.96. The lowest BCUT2D eigenvalue weighted by atomic mass is 10.0. The van der Waals surface area contributed by atoms with Crippen LogP contribution in [0.3, 0.4) is 0 Å². The van der Waals surface area contributed by atoms with E-state index >= 15 is 0 Å². The Labute approximate surface area is 139 Å². The van der Waals surface area contributed by atoms with Crippen LogP contribution in [-0.2, 0) is 4.74 Å². The van der Waals surface area contributed by atoms with Gasteiger partial charge in [-0.2, -0.15) is 0 Å². The number of ether oxygens (including phenoxy) is 2. The summed E-state index contributed by atoms with van der Waals surface area (Å²) < 4.78 is 11.1. The molecule has 0 aromatic heterocycles. The molecule has 2 amide bonds. The summed E-state index contributed by atoms with van der Waals surface area (Å²) in [4.78, 5) is 14.4. The molecule has 23 heavy (non-hydrogen) atoms. The number of nitrogens with zero attached hydrogens (tertiary/aromatic N) is 1. The third-order valence-corrected chi connectivity index (χ3v) is 3.71. The summed E-state index contributed by atoms with van der Waals surface area (Å²) in [6, 6.07) is 7.58. The Bertz CT molecular complexity index is 499. The van der Waals surface area contributed by atoms with Gasteiger partial charge in [0.1, 0.15) is 5.75 Å². The molecule has 1 unspecified atom stereocenters. The molecule has 0 spiro atoms. The lowest BCUT2D eigenvalue weighted by Crippen LogP contribution is -2.50. The topological polar surface area (TPSA) is 50.8 Å². The molecule has 1 heterocycles. The standard InChI is InChI=1S/C18H28N2O3/c1-13(2)11-16-12-22-10-9-20(16)18(21)19-15-5-7-17(8-6-15)23-14(3)4/h5-8,13-14,16H,9-12H2,1-4H3,(H,19,21). The second-order valence-electron chi connectivity index (χ2n) is 6.67. The highest BCUT2D eigenvalue weighted by Crippen LogP contribution is 2.20. The smallest absolute Gasteiger partial charge is 0.322 e. The summed E-state index contributed by atoms with van der Waals surface area (Å²) >= 11 is 0. The number of benzene rings is 1. The highest BCUT2D eigenvalue weighted by atomic mass is 16.5. The molecule has 1 aliphatic heterocycles. The number of carbonyl (C=O) groups excluding carboxylic acids is 1. The second-order valence-corrected chi connectivity index (χ2v) is 6.67. The van der Waals surface area contributed by atoms with Crippen LogP contribution in [0.1, 0.15) is 34.1 Å². The van der Waals surface area contributed by atoms with E-state index in [0.29, 0.717) is 25.7 Å². The fraction of sp³-hybridized carbons (Fsp3) is 0.611. The third kappa shape index (κ3) is 5.43. The van der Waals surface area contributed by atoms with Crippen molar-refractivity contribution >= 4 is 11.7 Å². The van der Waals surface area contributed by atoms with Gasteiger partial charge in [0.15, 0.2) is 0 Å². The number of hydrogen-bond acceptors (Lipinski definition) is 3. The zero-order valence-corrected chi connectivity index (χ0v) is 14.5. The van der Waals surface area contributed by atoms with E-state index in [9.17, 15) is 4.79 Å². The van der Waals surface area contributed by atoms with Gasteiger partial charge in [-0.05, 0) is 50.5 Å². The number of rotatable bonds is 5. The van der Waals surface area contributed by atoms with Crippen LogP contribution in [0.4, 0.5) is 10.5 Å². The van der Waals surface area contributed by atoms with E-state index in [1.165, 1.54) is 0 Å². The highest BCUT2D eigenvalue weighted by Gasteiger charge is 2.27. The molecule has 2 rings (SSSR count). The number of nitrogens with one attached hydrogen (secondary N) is 1. The van der Waals surface area contributed by atoms with Gasteiger partial charge >= 0.3 is 6.03 Å². The van der Waals surface area contributed by atoms with Crippen molar-refractivity contribution in [3.63, 3.8) is 0 Å². The van der Waals surface area contributed by atoms with Crippen LogP contribution in [0.5, 0.6) is 5.75 Å². The van der Waals surface area contributed by atoms with Gasteiger partial charge in [-0.15, -0.1) is 0 Å². The molecule has 5 nitrogen and oxygen atoms in total. The van der Waals surface area contributed by atoms with Gasteiger partial charge in [0.25, 0.3) is 0 Å². The average Bonchev–Trinajstić information content (AvgIpc) is 2.48. The molecule has 128 valence electrons. The van der Waals surface area contributed by atoms with Crippen LogP contribution in [0, 0.1) is 5.92 Å². The van der Waals surface area contributed by atoms with Crippen molar-refractivity contribution in [2.24, 2.45) is 5.92 Å². The van der Waals surface area contributed by atoms with E-state index in [2.05, 4.69) is 19.2 Å². The third-order valence-electron chi connectivity index (χ3n) is 3.71. The number of morpholine rings is 1. The zero-order chi connectivity index (χ0) is 16.8. The maximum absolute atomic E-state index is 12.6. The minimum Gasteiger partial charge on any atom is -0.491 e. The Morgan fingerprint density at radius 1 is 1.30 bits per heavy atom. The van der Waals surface area contributed by atoms with Crippen LogP contribution in [0.25, 0.3) is 0 Å². The molecule has 5 heteroatoms. The molecule has 1 aromatic rings. The second kappa shape index (κ2) is 8.20. The Kier molecular flexibility index (Phi) is 6.28. The first-order valence-corrected chi connectivity index (χ1v) is 8.37. The van der Waals surface area contributed by atoms with Crippen LogP contribution >= 0.6 is 0 Å². The van der Waals surface area contributed by atoms with Gasteiger partial charge in [-0.25, -0.2) is 4.79 Å². The fourth-order valence-electron chi connectivity index (χ4n) is 2.75. The van der Waals surface area contributed by atoms with Gasteiger partial charge in [-0.1, -0.05) is 13.8 Å². The van der Waals surface area contributed by atoms with Gasteiger partial charge in [0.05, 0.1) is 25.4 Å². The molecular formula is C18H28N2O3. The summed E-state index contributed by atoms with van der Waals surface area (Å²) in [5.41, 5.74) is 0.779. The molecule has 1 aliphatic rings. The van der Waals surface area contributed by atoms with Crippen molar-refractivity contribution in [2.45, 2.75) is 46.3 Å². The quantitative estimate of drug-likeness (QED) is 0.899. The number of amides is 2. The fourth-order valence-corrected chi connectivity index (χ4v) is 2.75. The molecule has 1 saturated heterocycles. The van der Waals surface area contributed by atoms with E-state index in [4.69, 9.17) is 9.47 Å². The lowest BCUT2D eigenvalue weighted by molar-refractivity contribution is 0.00857. The van der Waals surface area contributed by atoms with E-state index in [1.807, 2.05) is 43.0 Å². The minimum absolute atomic E-state index is 0.0588. The maximum atomic E-state index is 12.6. The predicted molar refractivity (Wildman–Crippen MR) is 92.0 cm³/mol. The molecule has 0 saturated carbocycles. The van der Waals surface area contributed by atoms with E-state index in [1.54, 1.807) is 0 Å². The van der Waals surface area contributed by atoms with Crippen molar-refractivity contribution in [1.29, 1.82) is 0 Å². The maximum Gasteiger partial charge on any atom is 0.322 e. The van der Waals surface area contributed by atoms with Crippen molar-refractivity contribution < 1.29 is 14.3 Å². The monoisotopic (exact) mass is 320 g/mol. The molecule has 1 atom stereocenters. The number of urea groups is 1. The number of anilines is 1. The van der Waals surface area contributed by atoms with Crippen molar-refractivity contribution in [3.05, 3.63) is 24.3 Å². The summed E-state index contributed by atoms with van der Waals surface area (Å²) in [6.07, 6.45) is 1.09. The summed E-state index contributed by atoms with van der Waals surface area (Å²) in [5, 5.41) is 2.97. The molecule has 0 radical (unpaired) electrons.